The van der Waals surface area contributed by atoms with Crippen molar-refractivity contribution in [2.45, 2.75) is 43.1 Å². The molecular weight excluding hydrogens is 458 g/mol. The van der Waals surface area contributed by atoms with Gasteiger partial charge in [-0.2, -0.15) is 0 Å². The number of carbonyl (C=O) groups is 3. The lowest BCUT2D eigenvalue weighted by Crippen LogP contribution is -2.57. The van der Waals surface area contributed by atoms with Crippen LogP contribution in [0.15, 0.2) is 48.5 Å². The van der Waals surface area contributed by atoms with E-state index < -0.39 is 47.8 Å². The minimum Gasteiger partial charge on any atom is -0.481 e. The van der Waals surface area contributed by atoms with E-state index in [1.54, 1.807) is 0 Å². The van der Waals surface area contributed by atoms with Gasteiger partial charge in [0.25, 0.3) is 5.92 Å². The number of fused-ring (bicyclic) bond motifs is 3. The van der Waals surface area contributed by atoms with Gasteiger partial charge in [-0.15, -0.1) is 0 Å². The maximum atomic E-state index is 13.7. The second-order valence-electron chi connectivity index (χ2n) is 9.55. The monoisotopic (exact) mass is 484 g/mol. The predicted molar refractivity (Wildman–Crippen MR) is 122 cm³/mol. The largest absolute Gasteiger partial charge is 0.481 e. The van der Waals surface area contributed by atoms with Crippen LogP contribution in [0.1, 0.15) is 42.7 Å². The molecule has 0 spiro atoms. The van der Waals surface area contributed by atoms with Gasteiger partial charge in [0.05, 0.1) is 5.92 Å². The zero-order chi connectivity index (χ0) is 24.8. The molecule has 3 aliphatic carbocycles. The van der Waals surface area contributed by atoms with Crippen molar-refractivity contribution in [2.24, 2.45) is 11.8 Å². The van der Waals surface area contributed by atoms with Crippen molar-refractivity contribution in [3.63, 3.8) is 0 Å². The molecular formula is C26H26F2N2O5. The number of carbonyl (C=O) groups excluding carboxylic acids is 2. The average Bonchev–Trinajstić information content (AvgIpc) is 3.13. The highest BCUT2D eigenvalue weighted by molar-refractivity contribution is 5.90. The Kier molecular flexibility index (Phi) is 5.73. The van der Waals surface area contributed by atoms with Crippen LogP contribution in [-0.4, -0.2) is 47.7 Å². The molecule has 2 amide bonds. The van der Waals surface area contributed by atoms with Crippen molar-refractivity contribution < 1.29 is 33.0 Å². The summed E-state index contributed by atoms with van der Waals surface area (Å²) in [6, 6.07) is 15.9. The fourth-order valence-corrected chi connectivity index (χ4v) is 5.57. The third-order valence-electron chi connectivity index (χ3n) is 7.53. The zero-order valence-corrected chi connectivity index (χ0v) is 18.9. The summed E-state index contributed by atoms with van der Waals surface area (Å²) in [7, 11) is 0. The Balaban J connectivity index is 1.22. The first-order chi connectivity index (χ1) is 16.7. The van der Waals surface area contributed by atoms with Gasteiger partial charge in [0.2, 0.25) is 5.91 Å². The van der Waals surface area contributed by atoms with E-state index >= 15 is 0 Å². The highest BCUT2D eigenvalue weighted by Gasteiger charge is 2.72. The summed E-state index contributed by atoms with van der Waals surface area (Å²) in [5.41, 5.74) is 3.06. The molecule has 2 atom stereocenters. The number of nitrogens with one attached hydrogen (secondary N) is 2. The van der Waals surface area contributed by atoms with Crippen LogP contribution >= 0.6 is 0 Å². The molecule has 0 aliphatic heterocycles. The Morgan fingerprint density at radius 3 is 2.09 bits per heavy atom. The lowest BCUT2D eigenvalue weighted by Gasteiger charge is -2.29. The molecule has 2 fully saturated rings. The summed E-state index contributed by atoms with van der Waals surface area (Å²) in [6.07, 6.45) is 1.34. The lowest BCUT2D eigenvalue weighted by molar-refractivity contribution is -0.141. The van der Waals surface area contributed by atoms with E-state index in [2.05, 4.69) is 10.6 Å². The highest BCUT2D eigenvalue weighted by Crippen LogP contribution is 2.55. The summed E-state index contributed by atoms with van der Waals surface area (Å²) >= 11 is 0. The van der Waals surface area contributed by atoms with Gasteiger partial charge in [-0.25, -0.2) is 13.6 Å². The van der Waals surface area contributed by atoms with Crippen molar-refractivity contribution in [1.29, 1.82) is 0 Å². The Morgan fingerprint density at radius 1 is 0.971 bits per heavy atom. The number of ether oxygens (including phenoxy) is 1. The molecule has 3 N–H and O–H groups in total. The Hall–Kier alpha value is -3.49. The van der Waals surface area contributed by atoms with Crippen molar-refractivity contribution in [2.75, 3.05) is 13.2 Å². The van der Waals surface area contributed by atoms with E-state index in [1.165, 1.54) is 0 Å². The molecule has 35 heavy (non-hydrogen) atoms. The number of hydrogen-bond donors (Lipinski definition) is 3. The molecule has 9 heteroatoms. The standard InChI is InChI=1S/C26H26F2N2O5/c27-26(28)20(21(26)22(31)32)13-29-23(33)25(11-5-6-12-25)30-24(34)35-14-19-17-9-3-1-7-15(17)16-8-2-4-10-18(16)19/h1-4,7-10,19-21H,5-6,11-14H2,(H,29,33)(H,30,34)(H,31,32)/t20-,21-/m0/s1. The normalized spacial score (nSPS) is 23.1. The number of halogens is 2. The van der Waals surface area contributed by atoms with Crippen LogP contribution in [0.3, 0.4) is 0 Å². The number of carboxylic acids is 1. The van der Waals surface area contributed by atoms with Crippen molar-refractivity contribution in [1.82, 2.24) is 10.6 Å². The van der Waals surface area contributed by atoms with Crippen LogP contribution in [-0.2, 0) is 14.3 Å². The Bertz CT molecular complexity index is 1130. The van der Waals surface area contributed by atoms with E-state index in [4.69, 9.17) is 9.84 Å². The molecule has 3 aliphatic rings. The second-order valence-corrected chi connectivity index (χ2v) is 9.55. The van der Waals surface area contributed by atoms with Crippen molar-refractivity contribution in [3.8, 4) is 11.1 Å². The number of amides is 2. The van der Waals surface area contributed by atoms with E-state index in [-0.39, 0.29) is 12.5 Å². The Labute approximate surface area is 200 Å². The first-order valence-electron chi connectivity index (χ1n) is 11.8. The lowest BCUT2D eigenvalue weighted by atomic mass is 9.96. The van der Waals surface area contributed by atoms with Gasteiger partial charge in [-0.3, -0.25) is 9.59 Å². The molecule has 2 aromatic rings. The molecule has 0 heterocycles. The van der Waals surface area contributed by atoms with E-state index in [0.29, 0.717) is 25.7 Å². The van der Waals surface area contributed by atoms with Gasteiger partial charge in [-0.1, -0.05) is 61.4 Å². The van der Waals surface area contributed by atoms with E-state index in [9.17, 15) is 23.2 Å². The molecule has 2 saturated carbocycles. The second kappa shape index (κ2) is 8.62. The smallest absolute Gasteiger partial charge is 0.408 e. The first-order valence-corrected chi connectivity index (χ1v) is 11.8. The van der Waals surface area contributed by atoms with Crippen LogP contribution in [0.25, 0.3) is 11.1 Å². The van der Waals surface area contributed by atoms with Crippen LogP contribution in [0.5, 0.6) is 0 Å². The number of carboxylic acid groups (broad SMARTS) is 1. The van der Waals surface area contributed by atoms with E-state index in [0.717, 1.165) is 22.3 Å². The van der Waals surface area contributed by atoms with Gasteiger partial charge in [0.1, 0.15) is 18.1 Å². The Morgan fingerprint density at radius 2 is 1.54 bits per heavy atom. The summed E-state index contributed by atoms with van der Waals surface area (Å²) < 4.78 is 32.9. The molecule has 0 aromatic heterocycles. The first kappa shape index (κ1) is 23.3. The number of alkyl halides is 2. The average molecular weight is 484 g/mol. The molecule has 0 bridgehead atoms. The summed E-state index contributed by atoms with van der Waals surface area (Å²) in [6.45, 7) is -0.372. The summed E-state index contributed by atoms with van der Waals surface area (Å²) in [4.78, 5) is 36.7. The predicted octanol–water partition coefficient (Wildman–Crippen LogP) is 3.92. The van der Waals surface area contributed by atoms with Gasteiger partial charge in [0.15, 0.2) is 0 Å². The van der Waals surface area contributed by atoms with Gasteiger partial charge in [-0.05, 0) is 35.1 Å². The van der Waals surface area contributed by atoms with Gasteiger partial charge in [0, 0.05) is 12.5 Å². The third kappa shape index (κ3) is 4.02. The summed E-state index contributed by atoms with van der Waals surface area (Å²) in [5.74, 6) is -8.89. The summed E-state index contributed by atoms with van der Waals surface area (Å²) in [5, 5.41) is 14.0. The molecule has 184 valence electrons. The zero-order valence-electron chi connectivity index (χ0n) is 18.9. The van der Waals surface area contributed by atoms with Crippen LogP contribution < -0.4 is 10.6 Å². The quantitative estimate of drug-likeness (QED) is 0.553. The van der Waals surface area contributed by atoms with Crippen molar-refractivity contribution >= 4 is 18.0 Å². The van der Waals surface area contributed by atoms with Gasteiger partial charge < -0.3 is 20.5 Å². The van der Waals surface area contributed by atoms with E-state index in [1.807, 2.05) is 48.5 Å². The number of alkyl carbamates (subject to hydrolysis) is 1. The topological polar surface area (TPSA) is 105 Å². The molecule has 2 aromatic carbocycles. The van der Waals surface area contributed by atoms with Gasteiger partial charge >= 0.3 is 12.1 Å². The van der Waals surface area contributed by atoms with Crippen LogP contribution in [0.2, 0.25) is 0 Å². The van der Waals surface area contributed by atoms with Crippen molar-refractivity contribution in [3.05, 3.63) is 59.7 Å². The maximum Gasteiger partial charge on any atom is 0.408 e. The fraction of sp³-hybridized carbons (Fsp3) is 0.423. The molecule has 5 rings (SSSR count). The number of hydrogen-bond acceptors (Lipinski definition) is 4. The van der Waals surface area contributed by atoms with Crippen LogP contribution in [0, 0.1) is 11.8 Å². The molecule has 0 saturated heterocycles. The van der Waals surface area contributed by atoms with Crippen LogP contribution in [0.4, 0.5) is 13.6 Å². The molecule has 0 radical (unpaired) electrons. The minimum absolute atomic E-state index is 0.0894. The highest BCUT2D eigenvalue weighted by atomic mass is 19.3. The third-order valence-corrected chi connectivity index (χ3v) is 7.53. The number of aliphatic carboxylic acids is 1. The minimum atomic E-state index is -3.35. The fourth-order valence-electron chi connectivity index (χ4n) is 5.57. The molecule has 0 unspecified atom stereocenters. The SMILES string of the molecule is O=C(NC1(C(=O)NC[C@H]2[C@@H](C(=O)O)C2(F)F)CCCC1)OCC1c2ccccc2-c2ccccc21. The number of benzene rings is 2. The number of rotatable bonds is 7. The molecule has 7 nitrogen and oxygen atoms in total. The maximum absolute atomic E-state index is 13.7.